The molecule has 0 saturated carbocycles. The zero-order valence-electron chi connectivity index (χ0n) is 12.9. The molecular weight excluding hydrogens is 275 g/mol. The summed E-state index contributed by atoms with van der Waals surface area (Å²) >= 11 is 0. The molecule has 1 aromatic carbocycles. The topological polar surface area (TPSA) is 73.6 Å². The fourth-order valence-corrected chi connectivity index (χ4v) is 1.98. The second kappa shape index (κ2) is 7.83. The zero-order chi connectivity index (χ0) is 16.0. The van der Waals surface area contributed by atoms with Gasteiger partial charge in [-0.3, -0.25) is 4.79 Å². The maximum Gasteiger partial charge on any atom is 0.220 e. The van der Waals surface area contributed by atoms with E-state index in [2.05, 4.69) is 5.32 Å². The van der Waals surface area contributed by atoms with Gasteiger partial charge in [0.2, 0.25) is 5.91 Å². The molecule has 0 unspecified atom stereocenters. The minimum atomic E-state index is -0.470. The molecule has 0 aliphatic carbocycles. The number of carbonyl (C=O) groups is 1. The van der Waals surface area contributed by atoms with Gasteiger partial charge in [0, 0.05) is 18.1 Å². The number of carbonyl (C=O) groups excluding carboxylic acids is 1. The van der Waals surface area contributed by atoms with Crippen LogP contribution in [0.5, 0.6) is 11.5 Å². The summed E-state index contributed by atoms with van der Waals surface area (Å²) in [5.74, 6) is 0.216. The predicted molar refractivity (Wildman–Crippen MR) is 78.9 cm³/mol. The van der Waals surface area contributed by atoms with Crippen LogP contribution in [0.2, 0.25) is 0 Å². The first-order valence-corrected chi connectivity index (χ1v) is 6.83. The number of nitrogens with two attached hydrogens (primary N) is 1. The number of hydrogen-bond donors (Lipinski definition) is 2. The molecule has 0 heterocycles. The fourth-order valence-electron chi connectivity index (χ4n) is 1.98. The van der Waals surface area contributed by atoms with E-state index in [1.165, 1.54) is 26.4 Å². The van der Waals surface area contributed by atoms with Crippen molar-refractivity contribution in [2.24, 2.45) is 11.7 Å². The largest absolute Gasteiger partial charge is 0.493 e. The average Bonchev–Trinajstić information content (AvgIpc) is 2.46. The van der Waals surface area contributed by atoms with Gasteiger partial charge >= 0.3 is 0 Å². The van der Waals surface area contributed by atoms with E-state index in [0.717, 1.165) is 0 Å². The van der Waals surface area contributed by atoms with Crippen LogP contribution in [0.15, 0.2) is 12.1 Å². The van der Waals surface area contributed by atoms with Gasteiger partial charge < -0.3 is 20.5 Å². The smallest absolute Gasteiger partial charge is 0.220 e. The Morgan fingerprint density at radius 3 is 2.38 bits per heavy atom. The number of amides is 1. The molecule has 1 rings (SSSR count). The molecule has 0 saturated heterocycles. The van der Waals surface area contributed by atoms with Gasteiger partial charge in [0.15, 0.2) is 11.5 Å². The number of ether oxygens (including phenoxy) is 2. The Hall–Kier alpha value is -1.82. The van der Waals surface area contributed by atoms with E-state index in [1.807, 2.05) is 6.92 Å². The van der Waals surface area contributed by atoms with Gasteiger partial charge in [-0.1, -0.05) is 6.92 Å². The Bertz CT molecular complexity index is 494. The first-order chi connectivity index (χ1) is 9.92. The molecule has 0 aliphatic rings. The molecule has 2 atom stereocenters. The lowest BCUT2D eigenvalue weighted by molar-refractivity contribution is -0.122. The van der Waals surface area contributed by atoms with Crippen molar-refractivity contribution in [2.75, 3.05) is 20.8 Å². The first kappa shape index (κ1) is 17.2. The Morgan fingerprint density at radius 2 is 1.86 bits per heavy atom. The molecule has 0 spiro atoms. The molecule has 0 aromatic heterocycles. The summed E-state index contributed by atoms with van der Waals surface area (Å²) < 4.78 is 24.3. The summed E-state index contributed by atoms with van der Waals surface area (Å²) in [4.78, 5) is 11.8. The lowest BCUT2D eigenvalue weighted by Crippen LogP contribution is -2.30. The van der Waals surface area contributed by atoms with E-state index in [9.17, 15) is 9.18 Å². The van der Waals surface area contributed by atoms with Crippen molar-refractivity contribution in [1.82, 2.24) is 5.32 Å². The molecule has 21 heavy (non-hydrogen) atoms. The van der Waals surface area contributed by atoms with Crippen LogP contribution in [0.4, 0.5) is 4.39 Å². The molecule has 5 nitrogen and oxygen atoms in total. The van der Waals surface area contributed by atoms with Crippen LogP contribution >= 0.6 is 0 Å². The highest BCUT2D eigenvalue weighted by molar-refractivity contribution is 5.76. The summed E-state index contributed by atoms with van der Waals surface area (Å²) in [5, 5.41) is 2.76. The van der Waals surface area contributed by atoms with Crippen LogP contribution in [0.25, 0.3) is 0 Å². The van der Waals surface area contributed by atoms with Crippen molar-refractivity contribution >= 4 is 5.91 Å². The highest BCUT2D eigenvalue weighted by Gasteiger charge is 2.18. The molecule has 118 valence electrons. The van der Waals surface area contributed by atoms with Crippen molar-refractivity contribution in [3.8, 4) is 11.5 Å². The summed E-state index contributed by atoms with van der Waals surface area (Å²) in [5.41, 5.74) is 5.83. The maximum atomic E-state index is 14.1. The van der Waals surface area contributed by atoms with E-state index < -0.39 is 11.9 Å². The van der Waals surface area contributed by atoms with Gasteiger partial charge in [-0.25, -0.2) is 4.39 Å². The highest BCUT2D eigenvalue weighted by Crippen LogP contribution is 2.32. The van der Waals surface area contributed by atoms with Crippen molar-refractivity contribution in [3.05, 3.63) is 23.5 Å². The van der Waals surface area contributed by atoms with Crippen LogP contribution in [-0.2, 0) is 4.79 Å². The monoisotopic (exact) mass is 298 g/mol. The number of halogens is 1. The molecule has 0 aliphatic heterocycles. The van der Waals surface area contributed by atoms with Crippen molar-refractivity contribution in [2.45, 2.75) is 26.3 Å². The first-order valence-electron chi connectivity index (χ1n) is 6.83. The van der Waals surface area contributed by atoms with E-state index in [4.69, 9.17) is 15.2 Å². The van der Waals surface area contributed by atoms with Crippen LogP contribution in [0.3, 0.4) is 0 Å². The third-order valence-electron chi connectivity index (χ3n) is 3.28. The van der Waals surface area contributed by atoms with Crippen LogP contribution in [0.1, 0.15) is 31.9 Å². The van der Waals surface area contributed by atoms with Crippen molar-refractivity contribution in [1.29, 1.82) is 0 Å². The molecule has 0 radical (unpaired) electrons. The van der Waals surface area contributed by atoms with Gasteiger partial charge in [-0.15, -0.1) is 0 Å². The van der Waals surface area contributed by atoms with Crippen LogP contribution < -0.4 is 20.5 Å². The Labute approximate surface area is 124 Å². The Kier molecular flexibility index (Phi) is 6.42. The third-order valence-corrected chi connectivity index (χ3v) is 3.28. The van der Waals surface area contributed by atoms with Crippen molar-refractivity contribution in [3.63, 3.8) is 0 Å². The van der Waals surface area contributed by atoms with Gasteiger partial charge in [0.1, 0.15) is 5.82 Å². The van der Waals surface area contributed by atoms with Gasteiger partial charge in [-0.2, -0.15) is 0 Å². The Balaban J connectivity index is 2.87. The van der Waals surface area contributed by atoms with Gasteiger partial charge in [0.25, 0.3) is 0 Å². The molecule has 3 N–H and O–H groups in total. The number of hydrogen-bond acceptors (Lipinski definition) is 4. The average molecular weight is 298 g/mol. The number of methoxy groups -OCH3 is 2. The second-order valence-electron chi connectivity index (χ2n) is 5.06. The van der Waals surface area contributed by atoms with Gasteiger partial charge in [-0.05, 0) is 25.5 Å². The fraction of sp³-hybridized carbons (Fsp3) is 0.533. The third kappa shape index (κ3) is 4.60. The molecule has 1 aromatic rings. The van der Waals surface area contributed by atoms with Crippen molar-refractivity contribution < 1.29 is 18.7 Å². The number of rotatable bonds is 7. The summed E-state index contributed by atoms with van der Waals surface area (Å²) in [6, 6.07) is 2.31. The quantitative estimate of drug-likeness (QED) is 0.807. The minimum Gasteiger partial charge on any atom is -0.493 e. The summed E-state index contributed by atoms with van der Waals surface area (Å²) in [6.07, 6.45) is 0.315. The van der Waals surface area contributed by atoms with E-state index in [0.29, 0.717) is 30.0 Å². The number of benzene rings is 1. The molecule has 0 bridgehead atoms. The zero-order valence-corrected chi connectivity index (χ0v) is 12.9. The van der Waals surface area contributed by atoms with E-state index in [1.54, 1.807) is 6.92 Å². The molecule has 0 fully saturated rings. The van der Waals surface area contributed by atoms with E-state index >= 15 is 0 Å². The predicted octanol–water partition coefficient (Wildman–Crippen LogP) is 2.00. The lowest BCUT2D eigenvalue weighted by Gasteiger charge is -2.18. The maximum absolute atomic E-state index is 14.1. The SMILES string of the molecule is COc1cc(F)c([C@@H](C)NC(=O)C[C@@H](C)CN)cc1OC. The highest BCUT2D eigenvalue weighted by atomic mass is 19.1. The Morgan fingerprint density at radius 1 is 1.29 bits per heavy atom. The standard InChI is InChI=1S/C15H23FN2O3/c1-9(8-17)5-15(19)18-10(2)11-6-13(20-3)14(21-4)7-12(11)16/h6-7,9-10H,5,8,17H2,1-4H3,(H,18,19)/t9-,10-/m1/s1. The molecule has 1 amide bonds. The molecule has 6 heteroatoms. The van der Waals surface area contributed by atoms with Crippen LogP contribution in [-0.4, -0.2) is 26.7 Å². The van der Waals surface area contributed by atoms with E-state index in [-0.39, 0.29) is 11.8 Å². The normalized spacial score (nSPS) is 13.4. The number of nitrogens with one attached hydrogen (secondary N) is 1. The van der Waals surface area contributed by atoms with Gasteiger partial charge in [0.05, 0.1) is 20.3 Å². The minimum absolute atomic E-state index is 0.0902. The van der Waals surface area contributed by atoms with Crippen LogP contribution in [0, 0.1) is 11.7 Å². The summed E-state index contributed by atoms with van der Waals surface area (Å²) in [7, 11) is 2.92. The summed E-state index contributed by atoms with van der Waals surface area (Å²) in [6.45, 7) is 4.04. The molecular formula is C15H23FN2O3. The lowest BCUT2D eigenvalue weighted by atomic mass is 10.0. The second-order valence-corrected chi connectivity index (χ2v) is 5.06.